The molecule has 2 aromatic rings. The molecule has 0 aromatic heterocycles. The van der Waals surface area contributed by atoms with Gasteiger partial charge < -0.3 is 14.2 Å². The number of rotatable bonds is 11. The van der Waals surface area contributed by atoms with Crippen molar-refractivity contribution in [2.24, 2.45) is 5.92 Å². The quantitative estimate of drug-likeness (QED) is 0.0557. The van der Waals surface area contributed by atoms with Gasteiger partial charge in [0.05, 0.1) is 39.6 Å². The highest BCUT2D eigenvalue weighted by Crippen LogP contribution is 2.49. The summed E-state index contributed by atoms with van der Waals surface area (Å²) >= 11 is 46.0. The highest BCUT2D eigenvalue weighted by molar-refractivity contribution is 9.15. The molecule has 0 aliphatic heterocycles. The Morgan fingerprint density at radius 1 is 0.562 bits per heavy atom. The van der Waals surface area contributed by atoms with Gasteiger partial charge in [0.1, 0.15) is 10.0 Å². The fraction of sp³-hybridized carbons (Fsp3) is 0.344. The van der Waals surface area contributed by atoms with Crippen molar-refractivity contribution in [3.63, 3.8) is 0 Å². The summed E-state index contributed by atoms with van der Waals surface area (Å²) in [7, 11) is 0. The van der Waals surface area contributed by atoms with Gasteiger partial charge in [-0.05, 0) is 113 Å². The molecule has 0 saturated heterocycles. The van der Waals surface area contributed by atoms with E-state index in [4.69, 9.17) is 72.2 Å². The molecule has 0 saturated carbocycles. The topological polar surface area (TPSA) is 78.9 Å². The van der Waals surface area contributed by atoms with Gasteiger partial charge in [-0.1, -0.05) is 111 Å². The number of carbonyl (C=O) groups is 3. The molecule has 0 unspecified atom stereocenters. The maximum Gasteiger partial charge on any atom is 0.338 e. The Hall–Kier alpha value is -0.0800. The average Bonchev–Trinajstić information content (AvgIpc) is 3.02. The second kappa shape index (κ2) is 23.5. The molecule has 0 radical (unpaired) electrons. The molecule has 0 bridgehead atoms. The molecular weight excluding hydrogens is 1060 g/mol. The van der Waals surface area contributed by atoms with E-state index in [0.717, 1.165) is 32.2 Å². The first-order valence-electron chi connectivity index (χ1n) is 13.7. The number of unbranched alkanes of at least 4 members (excludes halogenated alkanes) is 2. The number of hydrogen-bond acceptors (Lipinski definition) is 6. The minimum absolute atomic E-state index is 0.00143. The lowest BCUT2D eigenvalue weighted by Gasteiger charge is -2.13. The summed E-state index contributed by atoms with van der Waals surface area (Å²) in [5.74, 6) is -0.418. The van der Waals surface area contributed by atoms with Gasteiger partial charge in [-0.3, -0.25) is 0 Å². The lowest BCUT2D eigenvalue weighted by molar-refractivity contribution is -0.139. The fourth-order valence-corrected chi connectivity index (χ4v) is 7.20. The maximum absolute atomic E-state index is 11.5. The number of halogens is 10. The zero-order valence-electron chi connectivity index (χ0n) is 26.5. The van der Waals surface area contributed by atoms with E-state index in [-0.39, 0.29) is 42.4 Å². The lowest BCUT2D eigenvalue weighted by Crippen LogP contribution is -2.09. The molecule has 0 fully saturated rings. The van der Waals surface area contributed by atoms with E-state index in [2.05, 4.69) is 113 Å². The van der Waals surface area contributed by atoms with E-state index in [9.17, 15) is 14.4 Å². The van der Waals surface area contributed by atoms with E-state index in [1.165, 1.54) is 19.8 Å². The molecule has 2 rings (SSSR count). The zero-order chi connectivity index (χ0) is 37.6. The number of carbonyl (C=O) groups excluding carboxylic acids is 3. The zero-order valence-corrected chi connectivity index (χ0v) is 38.2. The van der Waals surface area contributed by atoms with Crippen LogP contribution in [-0.2, 0) is 19.1 Å². The highest BCUT2D eigenvalue weighted by atomic mass is 79.9. The monoisotopic (exact) mass is 1080 g/mol. The van der Waals surface area contributed by atoms with Crippen LogP contribution in [0.4, 0.5) is 0 Å². The van der Waals surface area contributed by atoms with Crippen molar-refractivity contribution in [3.05, 3.63) is 83.9 Å². The second-order valence-electron chi connectivity index (χ2n) is 10.3. The summed E-state index contributed by atoms with van der Waals surface area (Å²) in [6, 6.07) is 0. The molecule has 0 atom stereocenters. The van der Waals surface area contributed by atoms with E-state index >= 15 is 0 Å². The van der Waals surface area contributed by atoms with E-state index in [0.29, 0.717) is 32.4 Å². The fourth-order valence-electron chi connectivity index (χ4n) is 2.83. The molecule has 0 spiro atoms. The minimum Gasteiger partial charge on any atom is -0.462 e. The van der Waals surface area contributed by atoms with Gasteiger partial charge in [-0.2, -0.15) is 0 Å². The Morgan fingerprint density at radius 3 is 1.29 bits per heavy atom. The van der Waals surface area contributed by atoms with Crippen molar-refractivity contribution < 1.29 is 28.6 Å². The van der Waals surface area contributed by atoms with Crippen molar-refractivity contribution in [2.45, 2.75) is 60.3 Å². The Kier molecular flexibility index (Phi) is 23.4. The Labute approximate surface area is 348 Å². The van der Waals surface area contributed by atoms with Gasteiger partial charge in [0, 0.05) is 21.2 Å². The van der Waals surface area contributed by atoms with Crippen molar-refractivity contribution in [3.8, 4) is 11.5 Å². The molecule has 48 heavy (non-hydrogen) atoms. The summed E-state index contributed by atoms with van der Waals surface area (Å²) in [6.07, 6.45) is 4.59. The van der Waals surface area contributed by atoms with Gasteiger partial charge in [0.2, 0.25) is 0 Å². The van der Waals surface area contributed by atoms with Crippen molar-refractivity contribution in [2.75, 3.05) is 6.61 Å². The Balaban J connectivity index is 0.000000695. The van der Waals surface area contributed by atoms with Crippen LogP contribution in [-0.4, -0.2) is 24.5 Å². The van der Waals surface area contributed by atoms with Gasteiger partial charge in [-0.15, -0.1) is 0 Å². The van der Waals surface area contributed by atoms with E-state index in [1.54, 1.807) is 13.8 Å². The van der Waals surface area contributed by atoms with E-state index < -0.39 is 11.9 Å². The first-order chi connectivity index (χ1) is 22.1. The molecule has 0 amide bonds. The summed E-state index contributed by atoms with van der Waals surface area (Å²) in [5, 5.41) is -0.237. The molecule has 0 aliphatic carbocycles. The van der Waals surface area contributed by atoms with Crippen LogP contribution in [0.1, 0.15) is 60.3 Å². The molecule has 6 nitrogen and oxygen atoms in total. The summed E-state index contributed by atoms with van der Waals surface area (Å²) in [5.41, 5.74) is 0.991. The van der Waals surface area contributed by atoms with Gasteiger partial charge in [0.25, 0.3) is 0 Å². The first kappa shape index (κ1) is 47.9. The molecule has 0 heterocycles. The second-order valence-corrected chi connectivity index (χ2v) is 16.2. The normalized spacial score (nSPS) is 10.2. The minimum atomic E-state index is -0.691. The molecule has 2 aromatic carbocycles. The standard InChI is InChI=1S/C12H22O2.C10H5Br5O2.C10H5Cl5O2/c1-10(2)8-6-5-7-9-14-12(13)11(3)4;2*1-3(2)10(16)17-9-7(14)5(12)4(11)6(13)8(9)15/h10H,3,5-9H2,1-2,4H3;2*1H2,2H3. The van der Waals surface area contributed by atoms with Crippen LogP contribution in [0.5, 0.6) is 11.5 Å². The van der Waals surface area contributed by atoms with Crippen molar-refractivity contribution >= 4 is 156 Å². The summed E-state index contributed by atoms with van der Waals surface area (Å²) < 4.78 is 18.7. The third-order valence-corrected chi connectivity index (χ3v) is 13.7. The van der Waals surface area contributed by atoms with Gasteiger partial charge in [-0.25, -0.2) is 14.4 Å². The summed E-state index contributed by atoms with van der Waals surface area (Å²) in [4.78, 5) is 33.8. The number of benzene rings is 2. The predicted molar refractivity (Wildman–Crippen MR) is 216 cm³/mol. The first-order valence-corrected chi connectivity index (χ1v) is 19.5. The molecular formula is C32H32Br5Cl5O6. The molecule has 0 aliphatic rings. The van der Waals surface area contributed by atoms with Gasteiger partial charge >= 0.3 is 17.9 Å². The van der Waals surface area contributed by atoms with Crippen LogP contribution in [0.2, 0.25) is 25.1 Å². The summed E-state index contributed by atoms with van der Waals surface area (Å²) in [6.45, 7) is 20.2. The highest BCUT2D eigenvalue weighted by Gasteiger charge is 2.23. The van der Waals surface area contributed by atoms with Crippen LogP contribution in [0.25, 0.3) is 0 Å². The van der Waals surface area contributed by atoms with Crippen LogP contribution < -0.4 is 9.47 Å². The largest absolute Gasteiger partial charge is 0.462 e. The van der Waals surface area contributed by atoms with E-state index in [1.807, 2.05) is 0 Å². The maximum atomic E-state index is 11.5. The average molecular weight is 1090 g/mol. The van der Waals surface area contributed by atoms with Crippen LogP contribution >= 0.6 is 138 Å². The van der Waals surface area contributed by atoms with Crippen molar-refractivity contribution in [1.29, 1.82) is 0 Å². The number of esters is 3. The van der Waals surface area contributed by atoms with Crippen LogP contribution in [0, 0.1) is 5.92 Å². The Morgan fingerprint density at radius 2 is 0.917 bits per heavy atom. The number of ether oxygens (including phenoxy) is 3. The van der Waals surface area contributed by atoms with Crippen molar-refractivity contribution in [1.82, 2.24) is 0 Å². The van der Waals surface area contributed by atoms with Crippen LogP contribution in [0.3, 0.4) is 0 Å². The molecule has 0 N–H and O–H groups in total. The smallest absolute Gasteiger partial charge is 0.338 e. The number of hydrogen-bond donors (Lipinski definition) is 0. The van der Waals surface area contributed by atoms with Gasteiger partial charge in [0.15, 0.2) is 11.5 Å². The molecule has 266 valence electrons. The third-order valence-electron chi connectivity index (χ3n) is 5.43. The Bertz CT molecular complexity index is 1410. The SMILES string of the molecule is C=C(C)C(=O)OCCCCCC(C)C.C=C(C)C(=O)Oc1c(Br)c(Br)c(Br)c(Br)c1Br.C=C(C)C(=O)Oc1c(Cl)c(Cl)c(Cl)c(Cl)c1Cl. The predicted octanol–water partition coefficient (Wildman–Crippen LogP) is 14.7. The van der Waals surface area contributed by atoms with Crippen LogP contribution in [0.15, 0.2) is 58.8 Å². The third kappa shape index (κ3) is 15.7. The molecule has 16 heteroatoms. The lowest BCUT2D eigenvalue weighted by atomic mass is 10.1.